The normalized spacial score (nSPS) is 14.7. The first kappa shape index (κ1) is 149. The molecule has 21 N–H and O–H groups in total. The third kappa shape index (κ3) is 121. The number of carbonyl (C=O) groups excluding carboxylic acids is 16. The molecule has 12 atom stereocenters. The quantitative estimate of drug-likeness (QED) is 0.0200. The van der Waals surface area contributed by atoms with Crippen molar-refractivity contribution >= 4 is 150 Å². The molecular weight excluding hydrogens is 1850 g/mol. The first-order valence-corrected chi connectivity index (χ1v) is 49.2. The van der Waals surface area contributed by atoms with E-state index in [9.17, 15) is 81.8 Å². The summed E-state index contributed by atoms with van der Waals surface area (Å²) in [5.41, 5.74) is 19.0. The van der Waals surface area contributed by atoms with Crippen LogP contribution in [0.3, 0.4) is 0 Å². The summed E-state index contributed by atoms with van der Waals surface area (Å²) in [5, 5.41) is 53.0. The number of Topliss-reactive ketones (excluding diaryl/α,β-unsaturated/α-hetero) is 12. The van der Waals surface area contributed by atoms with Gasteiger partial charge in [0.25, 0.3) is 0 Å². The van der Waals surface area contributed by atoms with E-state index in [1.807, 2.05) is 138 Å². The maximum Gasteiger partial charge on any atom is 0.143 e. The van der Waals surface area contributed by atoms with Gasteiger partial charge in [0, 0.05) is 117 Å². The second-order valence-corrected chi connectivity index (χ2v) is 39.7. The number of thiol groups is 2. The Bertz CT molecular complexity index is 3010. The van der Waals surface area contributed by atoms with E-state index in [1.165, 1.54) is 48.0 Å². The molecule has 34 nitrogen and oxygen atoms in total. The van der Waals surface area contributed by atoms with E-state index in [0.717, 1.165) is 18.3 Å². The molecule has 0 bridgehead atoms. The number of nitrogens with zero attached hydrogens (tertiary/aromatic N) is 1. The van der Waals surface area contributed by atoms with Crippen LogP contribution in [0.5, 0.6) is 0 Å². The van der Waals surface area contributed by atoms with Crippen molar-refractivity contribution in [1.29, 1.82) is 0 Å². The zero-order valence-electron chi connectivity index (χ0n) is 87.9. The minimum Gasteiger partial charge on any atom is -0.308 e. The largest absolute Gasteiger partial charge is 0.308 e. The van der Waals surface area contributed by atoms with Crippen LogP contribution in [0.25, 0.3) is 0 Å². The molecule has 1 heterocycles. The molecule has 1 aliphatic heterocycles. The zero-order valence-corrected chi connectivity index (χ0v) is 93.4. The van der Waals surface area contributed by atoms with Gasteiger partial charge in [-0.1, -0.05) is 96.9 Å². The average Bonchev–Trinajstić information content (AvgIpc) is 1.73. The van der Waals surface area contributed by atoms with Crippen LogP contribution in [0, 0.1) is 0 Å². The summed E-state index contributed by atoms with van der Waals surface area (Å²) in [6, 6.07) is 2.17. The van der Waals surface area contributed by atoms with Gasteiger partial charge in [-0.3, -0.25) is 77.3 Å². The minimum atomic E-state index is -1.06. The Labute approximate surface area is 819 Å². The molecule has 0 aromatic carbocycles. The minimum absolute atomic E-state index is 0.0110. The van der Waals surface area contributed by atoms with Crippen molar-refractivity contribution in [2.45, 2.75) is 482 Å². The van der Waals surface area contributed by atoms with Crippen LogP contribution in [-0.4, -0.2) is 302 Å². The molecule has 12 unspecified atom stereocenters. The van der Waals surface area contributed by atoms with Crippen molar-refractivity contribution < 1.29 is 86.9 Å². The SMILES string of the molecule is CC(=O)C(CC(N)=O)NC(C)C.CC(=O)C(CCC(N)=O)NC(C)C.CC(=O)C(CS)NC(C)C.CC(=O)C(C[SeH])NC(C)C.CC(=O)C(NC(C)C)C(C)O.CC(=O)C1CCCN1C(C)C.CC(=O)CC(C)(O)NC(C)C.CC(=O)CC(CC(N)=O)NC(C)C.CC(=O)CC(NC(C)C)C(N)=O.CC(=O)CC(S)NC(C)C.CC(=O)CC([SeH])NC(C)C.CC(=O)CNC(C)C. The molecule has 0 aliphatic carbocycles. The molecule has 0 saturated carbocycles. The zero-order chi connectivity index (χ0) is 106. The van der Waals surface area contributed by atoms with Crippen LogP contribution in [0.4, 0.5) is 0 Å². The number of aliphatic hydroxyl groups is 2. The fourth-order valence-corrected chi connectivity index (χ4v) is 14.2. The fourth-order valence-electron chi connectivity index (χ4n) is 11.3. The smallest absolute Gasteiger partial charge is 0.143 e. The Hall–Kier alpha value is -4.90. The second kappa shape index (κ2) is 89.0. The molecule has 0 radical (unpaired) electrons. The maximum absolute atomic E-state index is 11.1. The van der Waals surface area contributed by atoms with Crippen molar-refractivity contribution in [3.05, 3.63) is 0 Å². The second-order valence-electron chi connectivity index (χ2n) is 36.7. The van der Waals surface area contributed by atoms with Gasteiger partial charge in [-0.15, -0.1) is 0 Å². The van der Waals surface area contributed by atoms with Crippen LogP contribution >= 0.6 is 25.3 Å². The van der Waals surface area contributed by atoms with Gasteiger partial charge in [-0.05, 0) is 150 Å². The summed E-state index contributed by atoms with van der Waals surface area (Å²) in [7, 11) is 0. The van der Waals surface area contributed by atoms with Gasteiger partial charge in [0.15, 0.2) is 0 Å². The third-order valence-corrected chi connectivity index (χ3v) is 18.5. The van der Waals surface area contributed by atoms with Crippen LogP contribution < -0.4 is 81.4 Å². The fraction of sp³-hybridized carbons (Fsp3) is 0.828. The van der Waals surface area contributed by atoms with Crippen molar-refractivity contribution in [3.8, 4) is 0 Å². The Kier molecular flexibility index (Phi) is 101. The topological polar surface area (TPSA) is 553 Å². The number of rotatable bonds is 51. The third-order valence-electron chi connectivity index (χ3n) is 16.3. The predicted molar refractivity (Wildman–Crippen MR) is 546 cm³/mol. The van der Waals surface area contributed by atoms with Gasteiger partial charge in [0.1, 0.15) is 63.6 Å². The summed E-state index contributed by atoms with van der Waals surface area (Å²) >= 11 is 13.1. The van der Waals surface area contributed by atoms with E-state index in [2.05, 4.69) is 148 Å². The summed E-state index contributed by atoms with van der Waals surface area (Å²) in [4.78, 5) is 174. The van der Waals surface area contributed by atoms with Crippen molar-refractivity contribution in [3.63, 3.8) is 0 Å². The molecule has 4 amide bonds. The van der Waals surface area contributed by atoms with E-state index in [-0.39, 0.29) is 184 Å². The Morgan fingerprint density at radius 2 is 0.779 bits per heavy atom. The maximum atomic E-state index is 11.1. The van der Waals surface area contributed by atoms with Crippen molar-refractivity contribution in [1.82, 2.24) is 63.4 Å². The first-order chi connectivity index (χ1) is 59.4. The molecule has 0 aromatic rings. The number of ketones is 12. The first-order valence-electron chi connectivity index (χ1n) is 45.7. The van der Waals surface area contributed by atoms with Crippen LogP contribution in [-0.2, 0) is 76.7 Å². The van der Waals surface area contributed by atoms with Crippen LogP contribution in [0.2, 0.25) is 5.32 Å². The van der Waals surface area contributed by atoms with E-state index in [1.54, 1.807) is 55.4 Å². The van der Waals surface area contributed by atoms with Crippen LogP contribution in [0.15, 0.2) is 0 Å². The molecule has 0 aromatic heterocycles. The van der Waals surface area contributed by atoms with Gasteiger partial charge in [0.05, 0.1) is 54.3 Å². The van der Waals surface area contributed by atoms with Crippen LogP contribution in [0.1, 0.15) is 334 Å². The number of likely N-dealkylation sites (tertiary alicyclic amines) is 1. The van der Waals surface area contributed by atoms with Crippen molar-refractivity contribution in [2.24, 2.45) is 22.9 Å². The summed E-state index contributed by atoms with van der Waals surface area (Å²) < 4.78 is 0. The van der Waals surface area contributed by atoms with E-state index in [4.69, 9.17) is 28.0 Å². The van der Waals surface area contributed by atoms with E-state index in [0.29, 0.717) is 80.0 Å². The monoisotopic (exact) mass is 2050 g/mol. The average molecular weight is 2040 g/mol. The number of primary amides is 4. The molecule has 1 rings (SSSR count). The number of nitrogens with one attached hydrogen (secondary N) is 11. The molecule has 0 spiro atoms. The number of aliphatic hydroxyl groups excluding tert-OH is 1. The summed E-state index contributed by atoms with van der Waals surface area (Å²) in [6.07, 6.45) is 4.47. The molecule has 776 valence electrons. The molecule has 1 saturated heterocycles. The van der Waals surface area contributed by atoms with Gasteiger partial charge < -0.3 is 75.7 Å². The van der Waals surface area contributed by atoms with Crippen molar-refractivity contribution in [2.75, 3.05) is 18.8 Å². The summed E-state index contributed by atoms with van der Waals surface area (Å²) in [5.74, 6) is 0.215. The molecule has 131 heavy (non-hydrogen) atoms. The van der Waals surface area contributed by atoms with E-state index < -0.39 is 41.8 Å². The molecule has 1 fully saturated rings. The number of carbonyl (C=O) groups is 16. The Balaban J connectivity index is -0.000000133. The van der Waals surface area contributed by atoms with Gasteiger partial charge >= 0.3 is 140 Å². The Morgan fingerprint density at radius 3 is 1.02 bits per heavy atom. The summed E-state index contributed by atoms with van der Waals surface area (Å²) in [6.45, 7) is 71.2. The number of hydrogen-bond donors (Lipinski definition) is 19. The van der Waals surface area contributed by atoms with Gasteiger partial charge in [0.2, 0.25) is 23.6 Å². The van der Waals surface area contributed by atoms with Gasteiger partial charge in [-0.2, -0.15) is 25.3 Å². The standard InChI is InChI=1S/2C9H18N2O2.C9H17NO.2C8H16N2O2.2C8H17NO2.2C7H15NOS.2C7H15NOSe.C6H13NO/c1-6(2)11-8(4-7(3)12)5-9(10)13;1-6(2)11-8(7(3)12)4-5-9(10)13;1-7(2)10-6-4-5-9(10)8(3)11;1-5(2)10-7(6(3)11)4-8(9)12;1-5(2)10-7(8(9)12)4-6(3)11;1-6(2)9-8(4,11)5-7(3)10;1-5(2)9-8(6(3)10)7(4)11;1-5(2)8-7(4-10)6(3)9;1-5(2)8-7(10)4-6(3)9;1-5(2)8-7(4-10)6(3)9;1-5(2)8-7(10)4-6(3)9;1-5(2)7-4-6(3)8/h2*6,8,11H,4-5H2,1-3H3,(H2,10,13);7,9H,4-6H2,1-3H3;2*5,7,10H,4H2,1-3H3,(H2,9,12);6,9,11H,5H2,1-4H3;5-6,8-10H,1-4H3;4*5,7-8,10H,4H2,1-3H3;5,7H,4H2,1-3H3. The number of hydrogen-bond acceptors (Lipinski definition) is 32. The number of amides is 4. The molecule has 1 aliphatic rings. The van der Waals surface area contributed by atoms with Gasteiger partial charge in [-0.25, -0.2) is 0 Å². The number of nitrogens with two attached hydrogens (primary N) is 4. The van der Waals surface area contributed by atoms with E-state index >= 15 is 0 Å². The molecule has 38 heteroatoms. The molecular formula is C93H192N16O18S2Se2. The predicted octanol–water partition coefficient (Wildman–Crippen LogP) is 5.61. The Morgan fingerprint density at radius 1 is 0.412 bits per heavy atom.